The van der Waals surface area contributed by atoms with Gasteiger partial charge in [0.25, 0.3) is 0 Å². The van der Waals surface area contributed by atoms with Gasteiger partial charge in [0.2, 0.25) is 5.88 Å². The second-order valence-corrected chi connectivity index (χ2v) is 4.85. The highest BCUT2D eigenvalue weighted by atomic mass is 16.5. The Labute approximate surface area is 112 Å². The number of anilines is 1. The minimum atomic E-state index is 0.310. The molecule has 1 aliphatic carbocycles. The van der Waals surface area contributed by atoms with Gasteiger partial charge < -0.3 is 14.6 Å². The van der Waals surface area contributed by atoms with Crippen LogP contribution in [0.25, 0.3) is 0 Å². The van der Waals surface area contributed by atoms with Crippen molar-refractivity contribution >= 4 is 5.88 Å². The lowest BCUT2D eigenvalue weighted by Gasteiger charge is -2.21. The van der Waals surface area contributed by atoms with Crippen molar-refractivity contribution in [2.75, 3.05) is 19.5 Å². The fourth-order valence-electron chi connectivity index (χ4n) is 2.84. The molecule has 0 saturated heterocycles. The molecule has 0 spiro atoms. The van der Waals surface area contributed by atoms with Crippen LogP contribution in [0, 0.1) is 0 Å². The van der Waals surface area contributed by atoms with Crippen LogP contribution in [0.15, 0.2) is 28.8 Å². The Morgan fingerprint density at radius 2 is 2.32 bits per heavy atom. The maximum atomic E-state index is 5.38. The molecule has 4 nitrogen and oxygen atoms in total. The molecule has 1 atom stereocenters. The Morgan fingerprint density at radius 3 is 3.11 bits per heavy atom. The zero-order valence-electron chi connectivity index (χ0n) is 11.3. The van der Waals surface area contributed by atoms with Crippen LogP contribution in [0.2, 0.25) is 0 Å². The number of benzene rings is 1. The molecule has 0 aliphatic heterocycles. The largest absolute Gasteiger partial charge is 0.497 e. The Morgan fingerprint density at radius 1 is 1.42 bits per heavy atom. The van der Waals surface area contributed by atoms with Crippen LogP contribution in [0.4, 0.5) is 5.88 Å². The second kappa shape index (κ2) is 4.96. The third-order valence-electron chi connectivity index (χ3n) is 3.79. The van der Waals surface area contributed by atoms with Gasteiger partial charge in [-0.15, -0.1) is 0 Å². The molecule has 1 unspecified atom stereocenters. The molecular weight excluding hydrogens is 240 g/mol. The van der Waals surface area contributed by atoms with E-state index in [1.807, 2.05) is 19.2 Å². The van der Waals surface area contributed by atoms with Gasteiger partial charge in [-0.05, 0) is 37.0 Å². The summed E-state index contributed by atoms with van der Waals surface area (Å²) >= 11 is 0. The van der Waals surface area contributed by atoms with Gasteiger partial charge in [0.1, 0.15) is 5.75 Å². The molecule has 0 radical (unpaired) electrons. The van der Waals surface area contributed by atoms with Gasteiger partial charge in [-0.3, -0.25) is 0 Å². The van der Waals surface area contributed by atoms with Crippen LogP contribution in [-0.4, -0.2) is 19.3 Å². The quantitative estimate of drug-likeness (QED) is 0.918. The lowest BCUT2D eigenvalue weighted by molar-refractivity contribution is 0.411. The summed E-state index contributed by atoms with van der Waals surface area (Å²) in [6.45, 7) is 0. The first-order valence-corrected chi connectivity index (χ1v) is 6.63. The Bertz CT molecular complexity index is 577. The maximum Gasteiger partial charge on any atom is 0.227 e. The average molecular weight is 258 g/mol. The highest BCUT2D eigenvalue weighted by Crippen LogP contribution is 2.39. The molecule has 100 valence electrons. The molecule has 2 aromatic rings. The van der Waals surface area contributed by atoms with E-state index < -0.39 is 0 Å². The minimum absolute atomic E-state index is 0.310. The summed E-state index contributed by atoms with van der Waals surface area (Å²) in [5.74, 6) is 2.01. The number of hydrogen-bond acceptors (Lipinski definition) is 4. The highest BCUT2D eigenvalue weighted by molar-refractivity contribution is 5.48. The van der Waals surface area contributed by atoms with Crippen molar-refractivity contribution in [3.63, 3.8) is 0 Å². The Balaban J connectivity index is 2.01. The van der Waals surface area contributed by atoms with Crippen molar-refractivity contribution in [2.24, 2.45) is 0 Å². The molecule has 0 fully saturated rings. The predicted octanol–water partition coefficient (Wildman–Crippen LogP) is 3.19. The van der Waals surface area contributed by atoms with E-state index in [4.69, 9.17) is 9.26 Å². The van der Waals surface area contributed by atoms with Gasteiger partial charge in [0.05, 0.1) is 12.8 Å². The number of ether oxygens (including phenoxy) is 1. The van der Waals surface area contributed by atoms with Crippen LogP contribution in [0.5, 0.6) is 5.75 Å². The second-order valence-electron chi connectivity index (χ2n) is 4.85. The summed E-state index contributed by atoms with van der Waals surface area (Å²) in [6, 6.07) is 8.22. The molecule has 1 heterocycles. The van der Waals surface area contributed by atoms with E-state index in [0.717, 1.165) is 36.6 Å². The normalized spacial score (nSPS) is 17.9. The zero-order valence-corrected chi connectivity index (χ0v) is 11.3. The van der Waals surface area contributed by atoms with Crippen LogP contribution in [0.1, 0.15) is 35.6 Å². The summed E-state index contributed by atoms with van der Waals surface area (Å²) in [5.41, 5.74) is 3.54. The molecule has 1 aromatic heterocycles. The minimum Gasteiger partial charge on any atom is -0.497 e. The van der Waals surface area contributed by atoms with E-state index in [9.17, 15) is 0 Å². The number of hydrogen-bond donors (Lipinski definition) is 1. The van der Waals surface area contributed by atoms with E-state index in [0.29, 0.717) is 5.92 Å². The molecule has 1 N–H and O–H groups in total. The molecule has 3 rings (SSSR count). The van der Waals surface area contributed by atoms with Crippen molar-refractivity contribution in [2.45, 2.75) is 25.2 Å². The molecule has 0 bridgehead atoms. The summed E-state index contributed by atoms with van der Waals surface area (Å²) < 4.78 is 10.7. The number of nitrogens with zero attached hydrogens (tertiary/aromatic N) is 1. The molecule has 19 heavy (non-hydrogen) atoms. The average Bonchev–Trinajstić information content (AvgIpc) is 2.90. The Hall–Kier alpha value is -1.97. The third kappa shape index (κ3) is 2.07. The lowest BCUT2D eigenvalue weighted by Crippen LogP contribution is -2.11. The summed E-state index contributed by atoms with van der Waals surface area (Å²) in [5, 5.41) is 7.34. The molecule has 1 aliphatic rings. The lowest BCUT2D eigenvalue weighted by atomic mass is 9.83. The molecule has 0 saturated carbocycles. The van der Waals surface area contributed by atoms with E-state index in [-0.39, 0.29) is 0 Å². The smallest absolute Gasteiger partial charge is 0.227 e. The first kappa shape index (κ1) is 12.1. The van der Waals surface area contributed by atoms with Gasteiger partial charge in [0, 0.05) is 18.5 Å². The molecule has 1 aromatic carbocycles. The summed E-state index contributed by atoms with van der Waals surface area (Å²) in [6.07, 6.45) is 3.30. The zero-order chi connectivity index (χ0) is 13.2. The number of nitrogens with one attached hydrogen (secondary N) is 1. The van der Waals surface area contributed by atoms with E-state index in [2.05, 4.69) is 22.6 Å². The fourth-order valence-corrected chi connectivity index (χ4v) is 2.84. The molecule has 4 heteroatoms. The number of fused-ring (bicyclic) bond motifs is 1. The Kier molecular flexibility index (Phi) is 3.15. The van der Waals surface area contributed by atoms with Gasteiger partial charge in [-0.25, -0.2) is 0 Å². The molecule has 0 amide bonds. The highest BCUT2D eigenvalue weighted by Gasteiger charge is 2.28. The molecular formula is C15H18N2O2. The van der Waals surface area contributed by atoms with Crippen LogP contribution >= 0.6 is 0 Å². The number of methoxy groups -OCH3 is 1. The van der Waals surface area contributed by atoms with Crippen molar-refractivity contribution < 1.29 is 9.26 Å². The van der Waals surface area contributed by atoms with E-state index in [1.165, 1.54) is 11.1 Å². The predicted molar refractivity (Wildman–Crippen MR) is 73.8 cm³/mol. The maximum absolute atomic E-state index is 5.38. The van der Waals surface area contributed by atoms with Gasteiger partial charge in [-0.2, -0.15) is 0 Å². The third-order valence-corrected chi connectivity index (χ3v) is 3.79. The van der Waals surface area contributed by atoms with Crippen molar-refractivity contribution in [3.05, 3.63) is 41.1 Å². The monoisotopic (exact) mass is 258 g/mol. The van der Waals surface area contributed by atoms with Crippen LogP contribution in [-0.2, 0) is 6.42 Å². The van der Waals surface area contributed by atoms with Crippen LogP contribution < -0.4 is 10.1 Å². The first-order valence-electron chi connectivity index (χ1n) is 6.63. The summed E-state index contributed by atoms with van der Waals surface area (Å²) in [4.78, 5) is 0. The van der Waals surface area contributed by atoms with Crippen molar-refractivity contribution in [3.8, 4) is 5.75 Å². The van der Waals surface area contributed by atoms with Gasteiger partial charge in [-0.1, -0.05) is 17.3 Å². The number of aromatic nitrogens is 1. The standard InChI is InChI=1S/C15H18N2O2/c1-16-15-13-8-4-7-12(14(13)17-19-15)10-5-3-6-11(9-10)18-2/h3,5-6,9,12,16H,4,7-8H2,1-2H3. The topological polar surface area (TPSA) is 47.3 Å². The SMILES string of the molecule is CNc1onc2c1CCCC2c1cccc(OC)c1. The van der Waals surface area contributed by atoms with E-state index in [1.54, 1.807) is 7.11 Å². The summed E-state index contributed by atoms with van der Waals surface area (Å²) in [7, 11) is 3.57. The van der Waals surface area contributed by atoms with Crippen molar-refractivity contribution in [1.82, 2.24) is 5.16 Å². The van der Waals surface area contributed by atoms with Crippen LogP contribution in [0.3, 0.4) is 0 Å². The van der Waals surface area contributed by atoms with Gasteiger partial charge in [0.15, 0.2) is 0 Å². The fraction of sp³-hybridized carbons (Fsp3) is 0.400. The van der Waals surface area contributed by atoms with E-state index >= 15 is 0 Å². The van der Waals surface area contributed by atoms with Crippen molar-refractivity contribution in [1.29, 1.82) is 0 Å². The first-order chi connectivity index (χ1) is 9.33. The van der Waals surface area contributed by atoms with Gasteiger partial charge >= 0.3 is 0 Å². The number of rotatable bonds is 3.